The lowest BCUT2D eigenvalue weighted by molar-refractivity contribution is -0.269. The molecule has 0 atom stereocenters. The predicted molar refractivity (Wildman–Crippen MR) is 86.8 cm³/mol. The van der Waals surface area contributed by atoms with Crippen molar-refractivity contribution in [3.05, 3.63) is 0 Å². The number of alkyl halides is 5. The van der Waals surface area contributed by atoms with Crippen LogP contribution >= 0.6 is 0 Å². The van der Waals surface area contributed by atoms with Gasteiger partial charge in [-0.15, -0.1) is 0 Å². The van der Waals surface area contributed by atoms with E-state index in [4.69, 9.17) is 4.74 Å². The lowest BCUT2D eigenvalue weighted by atomic mass is 10.1. The lowest BCUT2D eigenvalue weighted by Gasteiger charge is -2.18. The van der Waals surface area contributed by atoms with Gasteiger partial charge < -0.3 is 10.1 Å². The normalized spacial score (nSPS) is 12.1. The zero-order chi connectivity index (χ0) is 20.1. The molecule has 0 aromatic heterocycles. The average molecular weight is 389 g/mol. The number of rotatable bonds is 14. The van der Waals surface area contributed by atoms with Crippen LogP contribution in [0, 0.1) is 0 Å². The van der Waals surface area contributed by atoms with Gasteiger partial charge in [-0.1, -0.05) is 58.3 Å². The maximum atomic E-state index is 12.6. The monoisotopic (exact) mass is 389 g/mol. The SMILES string of the molecule is CCCCCCCCCCCOC(=O)CCNC(=O)C(F)(F)C(F)(F)F. The van der Waals surface area contributed by atoms with Gasteiger partial charge in [0.1, 0.15) is 0 Å². The molecule has 0 unspecified atom stereocenters. The summed E-state index contributed by atoms with van der Waals surface area (Å²) in [6.45, 7) is 1.69. The third kappa shape index (κ3) is 10.6. The highest BCUT2D eigenvalue weighted by molar-refractivity contribution is 5.84. The fourth-order valence-corrected chi connectivity index (χ4v) is 2.19. The molecule has 154 valence electrons. The van der Waals surface area contributed by atoms with Gasteiger partial charge in [-0.3, -0.25) is 9.59 Å². The molecule has 4 nitrogen and oxygen atoms in total. The maximum Gasteiger partial charge on any atom is 0.463 e. The van der Waals surface area contributed by atoms with Crippen molar-refractivity contribution in [2.75, 3.05) is 13.2 Å². The molecule has 0 saturated carbocycles. The highest BCUT2D eigenvalue weighted by Gasteiger charge is 2.63. The summed E-state index contributed by atoms with van der Waals surface area (Å²) >= 11 is 0. The quantitative estimate of drug-likeness (QED) is 0.265. The minimum Gasteiger partial charge on any atom is -0.466 e. The summed E-state index contributed by atoms with van der Waals surface area (Å²) in [4.78, 5) is 22.1. The molecule has 9 heteroatoms. The summed E-state index contributed by atoms with van der Waals surface area (Å²) in [5.41, 5.74) is 0. The zero-order valence-electron chi connectivity index (χ0n) is 15.1. The van der Waals surface area contributed by atoms with Crippen molar-refractivity contribution in [2.45, 2.75) is 83.2 Å². The van der Waals surface area contributed by atoms with E-state index in [1.807, 2.05) is 0 Å². The Hall–Kier alpha value is -1.41. The van der Waals surface area contributed by atoms with Gasteiger partial charge in [-0.25, -0.2) is 0 Å². The van der Waals surface area contributed by atoms with E-state index in [0.717, 1.165) is 19.3 Å². The summed E-state index contributed by atoms with van der Waals surface area (Å²) in [6, 6.07) is 0. The third-order valence-electron chi connectivity index (χ3n) is 3.77. The Kier molecular flexibility index (Phi) is 12.2. The first-order chi connectivity index (χ1) is 12.1. The number of nitrogens with one attached hydrogen (secondary N) is 1. The van der Waals surface area contributed by atoms with Crippen LogP contribution in [0.5, 0.6) is 0 Å². The second-order valence-electron chi connectivity index (χ2n) is 6.13. The molecule has 0 aromatic rings. The van der Waals surface area contributed by atoms with E-state index in [0.29, 0.717) is 6.42 Å². The first kappa shape index (κ1) is 24.6. The van der Waals surface area contributed by atoms with E-state index in [1.165, 1.54) is 37.4 Å². The van der Waals surface area contributed by atoms with Crippen LogP contribution in [0.15, 0.2) is 0 Å². The second kappa shape index (κ2) is 12.9. The molecule has 0 aromatic carbocycles. The zero-order valence-corrected chi connectivity index (χ0v) is 15.1. The molecule has 0 aliphatic rings. The van der Waals surface area contributed by atoms with Gasteiger partial charge in [0.15, 0.2) is 0 Å². The van der Waals surface area contributed by atoms with Crippen LogP contribution in [0.3, 0.4) is 0 Å². The smallest absolute Gasteiger partial charge is 0.463 e. The minimum absolute atomic E-state index is 0.168. The number of carbonyl (C=O) groups is 2. The van der Waals surface area contributed by atoms with Crippen molar-refractivity contribution >= 4 is 11.9 Å². The summed E-state index contributed by atoms with van der Waals surface area (Å²) in [5.74, 6) is -8.70. The largest absolute Gasteiger partial charge is 0.466 e. The van der Waals surface area contributed by atoms with Gasteiger partial charge in [0, 0.05) is 6.54 Å². The Morgan fingerprint density at radius 2 is 1.35 bits per heavy atom. The average Bonchev–Trinajstić information content (AvgIpc) is 2.55. The molecule has 26 heavy (non-hydrogen) atoms. The number of hydrogen-bond acceptors (Lipinski definition) is 3. The van der Waals surface area contributed by atoms with Crippen LogP contribution < -0.4 is 5.32 Å². The lowest BCUT2D eigenvalue weighted by Crippen LogP contribution is -2.50. The molecule has 1 N–H and O–H groups in total. The number of carbonyl (C=O) groups excluding carboxylic acids is 2. The topological polar surface area (TPSA) is 55.4 Å². The van der Waals surface area contributed by atoms with E-state index in [9.17, 15) is 31.5 Å². The molecule has 0 radical (unpaired) electrons. The van der Waals surface area contributed by atoms with Crippen molar-refractivity contribution < 1.29 is 36.3 Å². The van der Waals surface area contributed by atoms with E-state index in [-0.39, 0.29) is 6.61 Å². The highest BCUT2D eigenvalue weighted by Crippen LogP contribution is 2.35. The van der Waals surface area contributed by atoms with Gasteiger partial charge >= 0.3 is 18.1 Å². The maximum absolute atomic E-state index is 12.6. The molecule has 0 rings (SSSR count). The molecule has 0 fully saturated rings. The first-order valence-electron chi connectivity index (χ1n) is 9.01. The molecular formula is C17H28F5NO3. The molecule has 0 aliphatic heterocycles. The minimum atomic E-state index is -5.96. The van der Waals surface area contributed by atoms with Gasteiger partial charge in [-0.2, -0.15) is 22.0 Å². The van der Waals surface area contributed by atoms with Crippen LogP contribution in [0.2, 0.25) is 0 Å². The van der Waals surface area contributed by atoms with E-state index >= 15 is 0 Å². The number of unbranched alkanes of at least 4 members (excludes halogenated alkanes) is 8. The van der Waals surface area contributed by atoms with Crippen LogP contribution in [0.4, 0.5) is 22.0 Å². The fraction of sp³-hybridized carbons (Fsp3) is 0.882. The molecule has 0 aliphatic carbocycles. The third-order valence-corrected chi connectivity index (χ3v) is 3.77. The number of halogens is 5. The molecule has 0 spiro atoms. The number of amides is 1. The Morgan fingerprint density at radius 1 is 0.846 bits per heavy atom. The van der Waals surface area contributed by atoms with E-state index < -0.39 is 36.9 Å². The van der Waals surface area contributed by atoms with Crippen molar-refractivity contribution in [2.24, 2.45) is 0 Å². The highest BCUT2D eigenvalue weighted by atomic mass is 19.4. The Morgan fingerprint density at radius 3 is 1.85 bits per heavy atom. The first-order valence-corrected chi connectivity index (χ1v) is 9.01. The summed E-state index contributed by atoms with van der Waals surface area (Å²) in [7, 11) is 0. The second-order valence-corrected chi connectivity index (χ2v) is 6.13. The van der Waals surface area contributed by atoms with Crippen LogP contribution in [-0.4, -0.2) is 37.1 Å². The van der Waals surface area contributed by atoms with Crippen LogP contribution in [-0.2, 0) is 14.3 Å². The molecule has 0 saturated heterocycles. The predicted octanol–water partition coefficient (Wildman–Crippen LogP) is 4.76. The van der Waals surface area contributed by atoms with Gasteiger partial charge in [0.05, 0.1) is 13.0 Å². The van der Waals surface area contributed by atoms with Crippen LogP contribution in [0.25, 0.3) is 0 Å². The number of ether oxygens (including phenoxy) is 1. The van der Waals surface area contributed by atoms with Gasteiger partial charge in [0.2, 0.25) is 0 Å². The Bertz CT molecular complexity index is 414. The number of hydrogen-bond donors (Lipinski definition) is 1. The fourth-order valence-electron chi connectivity index (χ4n) is 2.19. The van der Waals surface area contributed by atoms with Crippen molar-refractivity contribution in [3.63, 3.8) is 0 Å². The van der Waals surface area contributed by atoms with Gasteiger partial charge in [0.25, 0.3) is 5.91 Å². The van der Waals surface area contributed by atoms with E-state index in [2.05, 4.69) is 6.92 Å². The Balaban J connectivity index is 3.63. The molecule has 0 heterocycles. The van der Waals surface area contributed by atoms with Crippen molar-refractivity contribution in [1.29, 1.82) is 0 Å². The Labute approximate surface area is 150 Å². The van der Waals surface area contributed by atoms with E-state index in [1.54, 1.807) is 0 Å². The molecular weight excluding hydrogens is 361 g/mol. The molecule has 1 amide bonds. The van der Waals surface area contributed by atoms with Gasteiger partial charge in [-0.05, 0) is 6.42 Å². The standard InChI is InChI=1S/C17H28F5NO3/c1-2-3-4-5-6-7-8-9-10-13-26-14(24)11-12-23-15(25)16(18,19)17(20,21)22/h2-13H2,1H3,(H,23,25). The van der Waals surface area contributed by atoms with Crippen LogP contribution in [0.1, 0.15) is 71.1 Å². The summed E-state index contributed by atoms with van der Waals surface area (Å²) in [6.07, 6.45) is 3.41. The summed E-state index contributed by atoms with van der Waals surface area (Å²) < 4.78 is 65.9. The number of esters is 1. The summed E-state index contributed by atoms with van der Waals surface area (Å²) in [5, 5.41) is 1.39. The molecule has 0 bridgehead atoms. The van der Waals surface area contributed by atoms with Crippen molar-refractivity contribution in [3.8, 4) is 0 Å². The van der Waals surface area contributed by atoms with Crippen molar-refractivity contribution in [1.82, 2.24) is 5.32 Å².